The van der Waals surface area contributed by atoms with Crippen molar-refractivity contribution in [2.75, 3.05) is 7.11 Å². The minimum absolute atomic E-state index is 0.0340. The van der Waals surface area contributed by atoms with Crippen molar-refractivity contribution >= 4 is 11.5 Å². The van der Waals surface area contributed by atoms with Crippen LogP contribution in [0.25, 0.3) is 11.3 Å². The van der Waals surface area contributed by atoms with E-state index in [4.69, 9.17) is 9.47 Å². The lowest BCUT2D eigenvalue weighted by Crippen LogP contribution is -2.09. The second kappa shape index (κ2) is 7.51. The molecular weight excluding hydrogens is 389 g/mol. The first kappa shape index (κ1) is 19.1. The second-order valence-corrected chi connectivity index (χ2v) is 6.18. The molecule has 0 amide bonds. The van der Waals surface area contributed by atoms with Crippen LogP contribution in [0.2, 0.25) is 0 Å². The van der Waals surface area contributed by atoms with Gasteiger partial charge in [0.1, 0.15) is 17.2 Å². The normalized spacial score (nSPS) is 11.5. The molecule has 0 bridgehead atoms. The molecule has 0 aliphatic rings. The molecule has 0 fully saturated rings. The van der Waals surface area contributed by atoms with E-state index in [1.807, 2.05) is 0 Å². The highest BCUT2D eigenvalue weighted by atomic mass is 32.1. The molecule has 0 saturated carbocycles. The first-order valence-corrected chi connectivity index (χ1v) is 8.35. The van der Waals surface area contributed by atoms with Crippen LogP contribution in [-0.4, -0.2) is 11.5 Å². The summed E-state index contributed by atoms with van der Waals surface area (Å²) in [4.78, 5) is -0.981. The SMILES string of the molecule is COc1ccc(-c2nsc(C(F)(F)F)c2COc2c(F)cccc2F)cc1. The van der Waals surface area contributed by atoms with Crippen LogP contribution in [0.5, 0.6) is 11.5 Å². The van der Waals surface area contributed by atoms with Crippen molar-refractivity contribution < 1.29 is 31.4 Å². The summed E-state index contributed by atoms with van der Waals surface area (Å²) in [5.41, 5.74) is 0.141. The third-order valence-electron chi connectivity index (χ3n) is 3.69. The Morgan fingerprint density at radius 3 is 2.19 bits per heavy atom. The molecule has 3 rings (SSSR count). The molecule has 3 nitrogen and oxygen atoms in total. The van der Waals surface area contributed by atoms with Gasteiger partial charge in [0.15, 0.2) is 17.4 Å². The van der Waals surface area contributed by atoms with Crippen LogP contribution >= 0.6 is 11.5 Å². The number of hydrogen-bond donors (Lipinski definition) is 0. The van der Waals surface area contributed by atoms with Gasteiger partial charge in [-0.15, -0.1) is 0 Å². The van der Waals surface area contributed by atoms with Gasteiger partial charge in [-0.05, 0) is 47.9 Å². The fraction of sp³-hybridized carbons (Fsp3) is 0.167. The molecule has 9 heteroatoms. The number of para-hydroxylation sites is 1. The summed E-state index contributed by atoms with van der Waals surface area (Å²) in [7, 11) is 1.46. The number of benzene rings is 2. The number of methoxy groups -OCH3 is 1. The van der Waals surface area contributed by atoms with Crippen molar-refractivity contribution in [3.63, 3.8) is 0 Å². The van der Waals surface area contributed by atoms with Crippen molar-refractivity contribution in [2.24, 2.45) is 0 Å². The summed E-state index contributed by atoms with van der Waals surface area (Å²) in [6, 6.07) is 9.28. The first-order chi connectivity index (χ1) is 12.8. The third-order valence-corrected chi connectivity index (χ3v) is 4.62. The van der Waals surface area contributed by atoms with Gasteiger partial charge in [0.25, 0.3) is 0 Å². The summed E-state index contributed by atoms with van der Waals surface area (Å²) < 4.78 is 81.3. The first-order valence-electron chi connectivity index (χ1n) is 7.58. The molecule has 0 aliphatic carbocycles. The zero-order valence-electron chi connectivity index (χ0n) is 13.8. The van der Waals surface area contributed by atoms with Gasteiger partial charge < -0.3 is 9.47 Å². The van der Waals surface area contributed by atoms with E-state index >= 15 is 0 Å². The fourth-order valence-corrected chi connectivity index (χ4v) is 3.17. The minimum atomic E-state index is -4.67. The Hall–Kier alpha value is -2.68. The van der Waals surface area contributed by atoms with Gasteiger partial charge in [0, 0.05) is 11.1 Å². The molecule has 27 heavy (non-hydrogen) atoms. The minimum Gasteiger partial charge on any atom is -0.497 e. The summed E-state index contributed by atoms with van der Waals surface area (Å²) in [6.45, 7) is -0.690. The lowest BCUT2D eigenvalue weighted by molar-refractivity contribution is -0.135. The number of ether oxygens (including phenoxy) is 2. The monoisotopic (exact) mass is 401 g/mol. The van der Waals surface area contributed by atoms with Gasteiger partial charge in [-0.1, -0.05) is 6.07 Å². The van der Waals surface area contributed by atoms with E-state index in [9.17, 15) is 22.0 Å². The van der Waals surface area contributed by atoms with Crippen molar-refractivity contribution in [3.05, 3.63) is 64.5 Å². The maximum absolute atomic E-state index is 13.7. The van der Waals surface area contributed by atoms with Gasteiger partial charge >= 0.3 is 6.18 Å². The smallest absolute Gasteiger partial charge is 0.427 e. The molecule has 0 unspecified atom stereocenters. The predicted molar refractivity (Wildman–Crippen MR) is 89.8 cm³/mol. The molecular formula is C18H12F5NO2S. The van der Waals surface area contributed by atoms with E-state index < -0.39 is 35.0 Å². The standard InChI is InChI=1S/C18H12F5NO2S/c1-25-11-7-5-10(6-8-11)15-12(17(27-24-15)18(21,22)23)9-26-16-13(19)3-2-4-14(16)20/h2-8H,9H2,1H3. The van der Waals surface area contributed by atoms with Crippen molar-refractivity contribution in [2.45, 2.75) is 12.8 Å². The van der Waals surface area contributed by atoms with Crippen molar-refractivity contribution in [1.29, 1.82) is 0 Å². The second-order valence-electron chi connectivity index (χ2n) is 5.40. The maximum atomic E-state index is 13.7. The predicted octanol–water partition coefficient (Wildman–Crippen LogP) is 5.69. The summed E-state index contributed by atoms with van der Waals surface area (Å²) in [6.07, 6.45) is -4.67. The van der Waals surface area contributed by atoms with Gasteiger partial charge in [-0.25, -0.2) is 8.78 Å². The molecule has 0 aliphatic heterocycles. The van der Waals surface area contributed by atoms with E-state index in [1.54, 1.807) is 24.3 Å². The molecule has 0 spiro atoms. The quantitative estimate of drug-likeness (QED) is 0.515. The number of halogens is 5. The maximum Gasteiger partial charge on any atom is 0.427 e. The van der Waals surface area contributed by atoms with E-state index in [1.165, 1.54) is 7.11 Å². The average Bonchev–Trinajstić information content (AvgIpc) is 3.05. The lowest BCUT2D eigenvalue weighted by Gasteiger charge is -2.12. The zero-order valence-corrected chi connectivity index (χ0v) is 14.6. The van der Waals surface area contributed by atoms with Crippen molar-refractivity contribution in [3.8, 4) is 22.8 Å². The van der Waals surface area contributed by atoms with Crippen molar-refractivity contribution in [1.82, 2.24) is 4.37 Å². The van der Waals surface area contributed by atoms with Crippen LogP contribution in [0, 0.1) is 11.6 Å². The number of hydrogen-bond acceptors (Lipinski definition) is 4. The van der Waals surface area contributed by atoms with E-state index in [0.717, 1.165) is 18.2 Å². The summed E-state index contributed by atoms with van der Waals surface area (Å²) >= 11 is 0.258. The van der Waals surface area contributed by atoms with Gasteiger partial charge in [0.05, 0.1) is 12.8 Å². The Labute approximate surface area is 155 Å². The summed E-state index contributed by atoms with van der Waals surface area (Å²) in [5, 5.41) is 0. The number of alkyl halides is 3. The topological polar surface area (TPSA) is 31.4 Å². The van der Waals surface area contributed by atoms with Gasteiger partial charge in [-0.2, -0.15) is 17.5 Å². The van der Waals surface area contributed by atoms with Crippen LogP contribution in [0.3, 0.4) is 0 Å². The van der Waals surface area contributed by atoms with Crippen LogP contribution < -0.4 is 9.47 Å². The Morgan fingerprint density at radius 1 is 1.00 bits per heavy atom. The molecule has 0 saturated heterocycles. The largest absolute Gasteiger partial charge is 0.497 e. The van der Waals surface area contributed by atoms with Crippen LogP contribution in [-0.2, 0) is 12.8 Å². The molecule has 0 atom stereocenters. The number of aromatic nitrogens is 1. The third kappa shape index (κ3) is 4.02. The number of nitrogens with zero attached hydrogens (tertiary/aromatic N) is 1. The fourth-order valence-electron chi connectivity index (χ4n) is 2.41. The molecule has 142 valence electrons. The highest BCUT2D eigenvalue weighted by Crippen LogP contribution is 2.40. The van der Waals surface area contributed by atoms with Gasteiger partial charge in [0.2, 0.25) is 0 Å². The molecule has 3 aromatic rings. The summed E-state index contributed by atoms with van der Waals surface area (Å²) in [5.74, 6) is -2.22. The Kier molecular flexibility index (Phi) is 5.31. The highest BCUT2D eigenvalue weighted by Gasteiger charge is 2.38. The van der Waals surface area contributed by atoms with Gasteiger partial charge in [-0.3, -0.25) is 0 Å². The Bertz CT molecular complexity index is 918. The Morgan fingerprint density at radius 2 is 1.63 bits per heavy atom. The molecule has 1 heterocycles. The Balaban J connectivity index is 1.99. The van der Waals surface area contributed by atoms with Crippen LogP contribution in [0.15, 0.2) is 42.5 Å². The van der Waals surface area contributed by atoms with E-state index in [2.05, 4.69) is 4.37 Å². The zero-order chi connectivity index (χ0) is 19.6. The van der Waals surface area contributed by atoms with E-state index in [0.29, 0.717) is 11.3 Å². The average molecular weight is 401 g/mol. The molecule has 0 radical (unpaired) electrons. The highest BCUT2D eigenvalue weighted by molar-refractivity contribution is 7.06. The van der Waals surface area contributed by atoms with Crippen LogP contribution in [0.1, 0.15) is 10.4 Å². The molecule has 1 aromatic heterocycles. The molecule has 0 N–H and O–H groups in total. The lowest BCUT2D eigenvalue weighted by atomic mass is 10.1. The molecule has 2 aromatic carbocycles. The van der Waals surface area contributed by atoms with E-state index in [-0.39, 0.29) is 22.8 Å². The van der Waals surface area contributed by atoms with Crippen LogP contribution in [0.4, 0.5) is 22.0 Å². The number of rotatable bonds is 5.